The molecule has 90 valence electrons. The third kappa shape index (κ3) is 2.55. The van der Waals surface area contributed by atoms with Gasteiger partial charge in [-0.2, -0.15) is 5.10 Å². The first-order chi connectivity index (χ1) is 8.22. The van der Waals surface area contributed by atoms with E-state index in [0.717, 1.165) is 23.4 Å². The molecule has 2 rings (SSSR count). The Hall–Kier alpha value is -1.62. The molecular weight excluding hydrogens is 238 g/mol. The van der Waals surface area contributed by atoms with Gasteiger partial charge in [0.25, 0.3) is 0 Å². The number of aromatic amines is 1. The van der Waals surface area contributed by atoms with Gasteiger partial charge in [-0.05, 0) is 13.3 Å². The van der Waals surface area contributed by atoms with Crippen molar-refractivity contribution in [3.8, 4) is 0 Å². The lowest BCUT2D eigenvalue weighted by atomic mass is 10.1. The highest BCUT2D eigenvalue weighted by molar-refractivity contribution is 6.30. The lowest BCUT2D eigenvalue weighted by Gasteiger charge is -2.15. The predicted molar refractivity (Wildman–Crippen MR) is 67.0 cm³/mol. The maximum absolute atomic E-state index is 6.03. The summed E-state index contributed by atoms with van der Waals surface area (Å²) in [6.45, 7) is 4.07. The molecule has 0 saturated heterocycles. The van der Waals surface area contributed by atoms with Crippen LogP contribution < -0.4 is 5.32 Å². The van der Waals surface area contributed by atoms with Gasteiger partial charge in [0.2, 0.25) is 0 Å². The standard InChI is InChI=1S/C11H14ClN5/c1-3-9-10(12)13-6-14-11(9)17-7(2)8-4-15-16-5-8/h4-7H,3H2,1-2H3,(H,15,16)(H,13,14,17). The zero-order valence-corrected chi connectivity index (χ0v) is 10.5. The number of hydrogen-bond donors (Lipinski definition) is 2. The molecule has 1 atom stereocenters. The predicted octanol–water partition coefficient (Wildman–Crippen LogP) is 2.59. The molecule has 0 aliphatic carbocycles. The van der Waals surface area contributed by atoms with Crippen molar-refractivity contribution in [2.24, 2.45) is 0 Å². The molecule has 0 saturated carbocycles. The Labute approximate surface area is 105 Å². The summed E-state index contributed by atoms with van der Waals surface area (Å²) >= 11 is 6.03. The molecule has 0 amide bonds. The fourth-order valence-electron chi connectivity index (χ4n) is 1.61. The zero-order chi connectivity index (χ0) is 12.3. The number of nitrogens with zero attached hydrogens (tertiary/aromatic N) is 3. The van der Waals surface area contributed by atoms with E-state index in [1.54, 1.807) is 6.20 Å². The van der Waals surface area contributed by atoms with Crippen LogP contribution in [0.5, 0.6) is 0 Å². The molecule has 0 aliphatic rings. The molecule has 0 spiro atoms. The highest BCUT2D eigenvalue weighted by atomic mass is 35.5. The topological polar surface area (TPSA) is 66.5 Å². The fourth-order valence-corrected chi connectivity index (χ4v) is 1.88. The largest absolute Gasteiger partial charge is 0.363 e. The smallest absolute Gasteiger partial charge is 0.137 e. The number of rotatable bonds is 4. The second kappa shape index (κ2) is 5.14. The summed E-state index contributed by atoms with van der Waals surface area (Å²) in [6.07, 6.45) is 5.89. The van der Waals surface area contributed by atoms with Crippen LogP contribution >= 0.6 is 11.6 Å². The van der Waals surface area contributed by atoms with Gasteiger partial charge < -0.3 is 5.32 Å². The summed E-state index contributed by atoms with van der Waals surface area (Å²) in [5.41, 5.74) is 2.01. The van der Waals surface area contributed by atoms with E-state index in [9.17, 15) is 0 Å². The van der Waals surface area contributed by atoms with Gasteiger partial charge in [0, 0.05) is 17.3 Å². The minimum Gasteiger partial charge on any atom is -0.363 e. The summed E-state index contributed by atoms with van der Waals surface area (Å²) in [7, 11) is 0. The highest BCUT2D eigenvalue weighted by Gasteiger charge is 2.12. The Morgan fingerprint density at radius 2 is 2.29 bits per heavy atom. The van der Waals surface area contributed by atoms with E-state index in [1.807, 2.05) is 20.0 Å². The van der Waals surface area contributed by atoms with Crippen LogP contribution in [0.1, 0.15) is 31.0 Å². The van der Waals surface area contributed by atoms with Crippen molar-refractivity contribution in [2.45, 2.75) is 26.3 Å². The van der Waals surface area contributed by atoms with Crippen LogP contribution in [0.3, 0.4) is 0 Å². The molecule has 1 unspecified atom stereocenters. The SMILES string of the molecule is CCc1c(Cl)ncnc1NC(C)c1cn[nH]c1. The summed E-state index contributed by atoms with van der Waals surface area (Å²) in [4.78, 5) is 8.20. The van der Waals surface area contributed by atoms with Gasteiger partial charge in [0.05, 0.1) is 12.2 Å². The molecule has 0 aliphatic heterocycles. The number of halogens is 1. The molecular formula is C11H14ClN5. The Morgan fingerprint density at radius 1 is 1.47 bits per heavy atom. The molecule has 0 radical (unpaired) electrons. The third-order valence-electron chi connectivity index (χ3n) is 2.62. The van der Waals surface area contributed by atoms with Gasteiger partial charge in [-0.25, -0.2) is 9.97 Å². The van der Waals surface area contributed by atoms with Gasteiger partial charge in [-0.15, -0.1) is 0 Å². The number of nitrogens with one attached hydrogen (secondary N) is 2. The van der Waals surface area contributed by atoms with Crippen molar-refractivity contribution < 1.29 is 0 Å². The normalized spacial score (nSPS) is 12.4. The zero-order valence-electron chi connectivity index (χ0n) is 9.74. The lowest BCUT2D eigenvalue weighted by molar-refractivity contribution is 0.863. The maximum Gasteiger partial charge on any atom is 0.137 e. The van der Waals surface area contributed by atoms with Crippen LogP contribution in [-0.2, 0) is 6.42 Å². The molecule has 2 aromatic heterocycles. The maximum atomic E-state index is 6.03. The number of anilines is 1. The van der Waals surface area contributed by atoms with E-state index in [1.165, 1.54) is 6.33 Å². The van der Waals surface area contributed by atoms with Gasteiger partial charge in [-0.1, -0.05) is 18.5 Å². The second-order valence-corrected chi connectivity index (χ2v) is 4.10. The van der Waals surface area contributed by atoms with E-state index >= 15 is 0 Å². The fraction of sp³-hybridized carbons (Fsp3) is 0.364. The molecule has 2 heterocycles. The van der Waals surface area contributed by atoms with Crippen molar-refractivity contribution in [1.29, 1.82) is 0 Å². The second-order valence-electron chi connectivity index (χ2n) is 3.74. The third-order valence-corrected chi connectivity index (χ3v) is 2.94. The minimum atomic E-state index is 0.116. The van der Waals surface area contributed by atoms with Crippen LogP contribution in [0, 0.1) is 0 Å². The molecule has 0 fully saturated rings. The quantitative estimate of drug-likeness (QED) is 0.820. The van der Waals surface area contributed by atoms with Crippen LogP contribution in [0.25, 0.3) is 0 Å². The van der Waals surface area contributed by atoms with Crippen LogP contribution in [0.4, 0.5) is 5.82 Å². The van der Waals surface area contributed by atoms with E-state index < -0.39 is 0 Å². The summed E-state index contributed by atoms with van der Waals surface area (Å²) in [6, 6.07) is 0.116. The van der Waals surface area contributed by atoms with E-state index in [4.69, 9.17) is 11.6 Å². The molecule has 0 bridgehead atoms. The first kappa shape index (κ1) is 11.9. The Balaban J connectivity index is 2.21. The Kier molecular flexibility index (Phi) is 3.58. The van der Waals surface area contributed by atoms with Crippen LogP contribution in [-0.4, -0.2) is 20.2 Å². The number of aromatic nitrogens is 4. The molecule has 17 heavy (non-hydrogen) atoms. The summed E-state index contributed by atoms with van der Waals surface area (Å²) in [5, 5.41) is 10.5. The van der Waals surface area contributed by atoms with Gasteiger partial charge in [0.15, 0.2) is 0 Å². The van der Waals surface area contributed by atoms with E-state index in [-0.39, 0.29) is 6.04 Å². The summed E-state index contributed by atoms with van der Waals surface area (Å²) in [5.74, 6) is 0.779. The van der Waals surface area contributed by atoms with Crippen molar-refractivity contribution in [1.82, 2.24) is 20.2 Å². The van der Waals surface area contributed by atoms with Gasteiger partial charge in [0.1, 0.15) is 17.3 Å². The van der Waals surface area contributed by atoms with E-state index in [0.29, 0.717) is 5.15 Å². The van der Waals surface area contributed by atoms with Gasteiger partial charge in [-0.3, -0.25) is 5.10 Å². The molecule has 5 nitrogen and oxygen atoms in total. The average molecular weight is 252 g/mol. The summed E-state index contributed by atoms with van der Waals surface area (Å²) < 4.78 is 0. The van der Waals surface area contributed by atoms with Crippen molar-refractivity contribution in [3.63, 3.8) is 0 Å². The number of H-pyrrole nitrogens is 1. The Morgan fingerprint density at radius 3 is 2.94 bits per heavy atom. The first-order valence-electron chi connectivity index (χ1n) is 5.47. The van der Waals surface area contributed by atoms with Crippen molar-refractivity contribution in [3.05, 3.63) is 35.0 Å². The highest BCUT2D eigenvalue weighted by Crippen LogP contribution is 2.24. The monoisotopic (exact) mass is 251 g/mol. The molecule has 6 heteroatoms. The molecule has 2 aromatic rings. The molecule has 0 aromatic carbocycles. The van der Waals surface area contributed by atoms with Crippen molar-refractivity contribution >= 4 is 17.4 Å². The minimum absolute atomic E-state index is 0.116. The number of hydrogen-bond acceptors (Lipinski definition) is 4. The van der Waals surface area contributed by atoms with E-state index in [2.05, 4.69) is 25.5 Å². The van der Waals surface area contributed by atoms with Gasteiger partial charge >= 0.3 is 0 Å². The first-order valence-corrected chi connectivity index (χ1v) is 5.84. The molecule has 2 N–H and O–H groups in total. The van der Waals surface area contributed by atoms with Crippen molar-refractivity contribution in [2.75, 3.05) is 5.32 Å². The van der Waals surface area contributed by atoms with Crippen LogP contribution in [0.2, 0.25) is 5.15 Å². The average Bonchev–Trinajstić information content (AvgIpc) is 2.82. The Bertz CT molecular complexity index is 483. The lowest BCUT2D eigenvalue weighted by Crippen LogP contribution is -2.10. The van der Waals surface area contributed by atoms with Crippen LogP contribution in [0.15, 0.2) is 18.7 Å².